The molecule has 0 fully saturated rings. The van der Waals surface area contributed by atoms with Crippen LogP contribution >= 0.6 is 34.8 Å². The summed E-state index contributed by atoms with van der Waals surface area (Å²) in [5.74, 6) is -0.758. The van der Waals surface area contributed by atoms with E-state index >= 15 is 0 Å². The molecule has 0 saturated carbocycles. The van der Waals surface area contributed by atoms with E-state index in [1.165, 1.54) is 6.07 Å². The number of amides is 1. The molecule has 2 heterocycles. The molecule has 31 heavy (non-hydrogen) atoms. The molecule has 1 aliphatic heterocycles. The van der Waals surface area contributed by atoms with Gasteiger partial charge in [0.1, 0.15) is 0 Å². The Balaban J connectivity index is 1.72. The lowest BCUT2D eigenvalue weighted by atomic mass is 10.0. The zero-order valence-electron chi connectivity index (χ0n) is 16.6. The van der Waals surface area contributed by atoms with Crippen molar-refractivity contribution >= 4 is 46.7 Å². The second kappa shape index (κ2) is 8.91. The molecule has 2 aromatic carbocycles. The van der Waals surface area contributed by atoms with Crippen molar-refractivity contribution in [2.24, 2.45) is 0 Å². The Bertz CT molecular complexity index is 1160. The van der Waals surface area contributed by atoms with Gasteiger partial charge in [-0.1, -0.05) is 34.8 Å². The SMILES string of the molecule is CCOC(=O)c1nn(-c2ccc(Cl)cc2)c2c1CN(C(=O)c1ccc(Cl)cc1Cl)CC2. The number of hydrogen-bond acceptors (Lipinski definition) is 4. The van der Waals surface area contributed by atoms with Gasteiger partial charge in [0.05, 0.1) is 35.1 Å². The molecule has 6 nitrogen and oxygen atoms in total. The number of esters is 1. The zero-order valence-corrected chi connectivity index (χ0v) is 18.8. The highest BCUT2D eigenvalue weighted by Gasteiger charge is 2.32. The highest BCUT2D eigenvalue weighted by Crippen LogP contribution is 2.29. The number of fused-ring (bicyclic) bond motifs is 1. The summed E-state index contributed by atoms with van der Waals surface area (Å²) in [7, 11) is 0. The highest BCUT2D eigenvalue weighted by molar-refractivity contribution is 6.36. The minimum atomic E-state index is -0.523. The van der Waals surface area contributed by atoms with Gasteiger partial charge >= 0.3 is 5.97 Å². The first-order chi connectivity index (χ1) is 14.9. The van der Waals surface area contributed by atoms with Gasteiger partial charge in [-0.05, 0) is 49.4 Å². The van der Waals surface area contributed by atoms with E-state index in [4.69, 9.17) is 39.5 Å². The van der Waals surface area contributed by atoms with Gasteiger partial charge in [-0.3, -0.25) is 4.79 Å². The van der Waals surface area contributed by atoms with Crippen molar-refractivity contribution in [2.75, 3.05) is 13.2 Å². The Morgan fingerprint density at radius 2 is 1.77 bits per heavy atom. The Kier molecular flexibility index (Phi) is 6.23. The third-order valence-electron chi connectivity index (χ3n) is 5.05. The van der Waals surface area contributed by atoms with Gasteiger partial charge in [0.2, 0.25) is 0 Å². The summed E-state index contributed by atoms with van der Waals surface area (Å²) < 4.78 is 6.92. The minimum absolute atomic E-state index is 0.200. The molecule has 9 heteroatoms. The van der Waals surface area contributed by atoms with Crippen molar-refractivity contribution in [1.82, 2.24) is 14.7 Å². The Hall–Kier alpha value is -2.54. The lowest BCUT2D eigenvalue weighted by Gasteiger charge is -2.28. The van der Waals surface area contributed by atoms with Gasteiger partial charge in [-0.2, -0.15) is 5.10 Å². The number of benzene rings is 2. The predicted octanol–water partition coefficient (Wildman–Crippen LogP) is 5.21. The Labute approximate surface area is 194 Å². The molecule has 1 aromatic heterocycles. The van der Waals surface area contributed by atoms with Crippen LogP contribution < -0.4 is 0 Å². The maximum atomic E-state index is 13.1. The number of carbonyl (C=O) groups excluding carboxylic acids is 2. The summed E-state index contributed by atoms with van der Waals surface area (Å²) in [6, 6.07) is 11.9. The fraction of sp³-hybridized carbons (Fsp3) is 0.227. The van der Waals surface area contributed by atoms with Crippen LogP contribution in [-0.2, 0) is 17.7 Å². The molecule has 0 N–H and O–H groups in total. The monoisotopic (exact) mass is 477 g/mol. The molecule has 0 atom stereocenters. The summed E-state index contributed by atoms with van der Waals surface area (Å²) in [6.45, 7) is 2.63. The van der Waals surface area contributed by atoms with E-state index in [1.54, 1.807) is 40.8 Å². The molecule has 0 unspecified atom stereocenters. The highest BCUT2D eigenvalue weighted by atomic mass is 35.5. The first-order valence-corrected chi connectivity index (χ1v) is 10.8. The van der Waals surface area contributed by atoms with E-state index < -0.39 is 5.97 Å². The number of aromatic nitrogens is 2. The van der Waals surface area contributed by atoms with Crippen LogP contribution in [0.1, 0.15) is 39.0 Å². The van der Waals surface area contributed by atoms with Crippen LogP contribution in [0.3, 0.4) is 0 Å². The molecular weight excluding hydrogens is 461 g/mol. The molecule has 0 radical (unpaired) electrons. The number of halogens is 3. The van der Waals surface area contributed by atoms with E-state index in [1.807, 2.05) is 12.1 Å². The van der Waals surface area contributed by atoms with Crippen molar-refractivity contribution in [3.8, 4) is 5.69 Å². The largest absolute Gasteiger partial charge is 0.461 e. The summed E-state index contributed by atoms with van der Waals surface area (Å²) >= 11 is 18.2. The molecule has 4 rings (SSSR count). The smallest absolute Gasteiger partial charge is 0.359 e. The van der Waals surface area contributed by atoms with Gasteiger partial charge in [0, 0.05) is 28.6 Å². The van der Waals surface area contributed by atoms with E-state index in [-0.39, 0.29) is 29.8 Å². The Morgan fingerprint density at radius 3 is 2.45 bits per heavy atom. The van der Waals surface area contributed by atoms with Gasteiger partial charge in [-0.25, -0.2) is 9.48 Å². The summed E-state index contributed by atoms with van der Waals surface area (Å²) in [6.07, 6.45) is 0.515. The minimum Gasteiger partial charge on any atom is -0.461 e. The van der Waals surface area contributed by atoms with Crippen molar-refractivity contribution in [3.05, 3.63) is 80.0 Å². The lowest BCUT2D eigenvalue weighted by Crippen LogP contribution is -2.37. The van der Waals surface area contributed by atoms with E-state index in [0.29, 0.717) is 34.1 Å². The number of nitrogens with zero attached hydrogens (tertiary/aromatic N) is 3. The maximum absolute atomic E-state index is 13.1. The molecule has 160 valence electrons. The molecule has 0 spiro atoms. The topological polar surface area (TPSA) is 64.4 Å². The molecule has 1 amide bonds. The summed E-state index contributed by atoms with van der Waals surface area (Å²) in [4.78, 5) is 27.3. The van der Waals surface area contributed by atoms with Crippen LogP contribution in [0.25, 0.3) is 5.69 Å². The average Bonchev–Trinajstić information content (AvgIpc) is 3.13. The number of carbonyl (C=O) groups is 2. The van der Waals surface area contributed by atoms with Crippen LogP contribution in [0.2, 0.25) is 15.1 Å². The third-order valence-corrected chi connectivity index (χ3v) is 5.85. The molecule has 1 aliphatic rings. The summed E-state index contributed by atoms with van der Waals surface area (Å²) in [5.41, 5.74) is 2.86. The summed E-state index contributed by atoms with van der Waals surface area (Å²) in [5, 5.41) is 5.87. The Morgan fingerprint density at radius 1 is 1.06 bits per heavy atom. The van der Waals surface area contributed by atoms with Crippen LogP contribution in [0.5, 0.6) is 0 Å². The number of hydrogen-bond donors (Lipinski definition) is 0. The number of ether oxygens (including phenoxy) is 1. The van der Waals surface area contributed by atoms with Gasteiger partial charge in [0.25, 0.3) is 5.91 Å². The molecule has 0 aliphatic carbocycles. The molecular formula is C22H18Cl3N3O3. The normalized spacial score (nSPS) is 13.1. The molecule has 3 aromatic rings. The average molecular weight is 479 g/mol. The first kappa shape index (κ1) is 21.7. The van der Waals surface area contributed by atoms with Crippen molar-refractivity contribution in [1.29, 1.82) is 0 Å². The lowest BCUT2D eigenvalue weighted by molar-refractivity contribution is 0.0513. The third kappa shape index (κ3) is 4.28. The second-order valence-corrected chi connectivity index (χ2v) is 8.26. The van der Waals surface area contributed by atoms with E-state index in [0.717, 1.165) is 11.4 Å². The molecule has 0 bridgehead atoms. The van der Waals surface area contributed by atoms with Crippen LogP contribution in [0.15, 0.2) is 42.5 Å². The second-order valence-electron chi connectivity index (χ2n) is 6.98. The number of rotatable bonds is 4. The standard InChI is InChI=1S/C22H18Cl3N3O3/c1-2-31-22(30)20-17-12-27(21(29)16-8-5-14(24)11-18(16)25)10-9-19(17)28(26-20)15-6-3-13(23)4-7-15/h3-8,11H,2,9-10,12H2,1H3. The van der Waals surface area contributed by atoms with Gasteiger partial charge in [0.15, 0.2) is 5.69 Å². The van der Waals surface area contributed by atoms with Crippen molar-refractivity contribution in [3.63, 3.8) is 0 Å². The fourth-order valence-electron chi connectivity index (χ4n) is 3.58. The predicted molar refractivity (Wildman–Crippen MR) is 119 cm³/mol. The quantitative estimate of drug-likeness (QED) is 0.483. The van der Waals surface area contributed by atoms with Crippen molar-refractivity contribution in [2.45, 2.75) is 19.9 Å². The van der Waals surface area contributed by atoms with Crippen LogP contribution in [0, 0.1) is 0 Å². The first-order valence-electron chi connectivity index (χ1n) is 9.67. The zero-order chi connectivity index (χ0) is 22.1. The van der Waals surface area contributed by atoms with Crippen LogP contribution in [-0.4, -0.2) is 39.7 Å². The van der Waals surface area contributed by atoms with E-state index in [9.17, 15) is 9.59 Å². The van der Waals surface area contributed by atoms with Gasteiger partial charge in [-0.15, -0.1) is 0 Å². The maximum Gasteiger partial charge on any atom is 0.359 e. The fourth-order valence-corrected chi connectivity index (χ4v) is 4.20. The molecule has 0 saturated heterocycles. The van der Waals surface area contributed by atoms with Crippen molar-refractivity contribution < 1.29 is 14.3 Å². The van der Waals surface area contributed by atoms with Crippen LogP contribution in [0.4, 0.5) is 0 Å². The van der Waals surface area contributed by atoms with E-state index in [2.05, 4.69) is 5.10 Å². The van der Waals surface area contributed by atoms with Gasteiger partial charge < -0.3 is 9.64 Å².